The lowest BCUT2D eigenvalue weighted by atomic mass is 9.87. The van der Waals surface area contributed by atoms with Gasteiger partial charge in [0.05, 0.1) is 11.2 Å². The zero-order valence-corrected chi connectivity index (χ0v) is 14.5. The quantitative estimate of drug-likeness (QED) is 0.837. The third-order valence-corrected chi connectivity index (χ3v) is 3.90. The van der Waals surface area contributed by atoms with Crippen molar-refractivity contribution in [2.45, 2.75) is 27.7 Å². The van der Waals surface area contributed by atoms with E-state index in [-0.39, 0.29) is 5.41 Å². The number of rotatable bonds is 4. The summed E-state index contributed by atoms with van der Waals surface area (Å²) in [5, 5.41) is 3.09. The summed E-state index contributed by atoms with van der Waals surface area (Å²) in [5.41, 5.74) is 4.80. The number of pyridine rings is 1. The van der Waals surface area contributed by atoms with E-state index in [1.165, 1.54) is 5.57 Å². The summed E-state index contributed by atoms with van der Waals surface area (Å²) in [6.07, 6.45) is 9.35. The second kappa shape index (κ2) is 6.73. The van der Waals surface area contributed by atoms with Gasteiger partial charge in [-0.1, -0.05) is 51.2 Å². The summed E-state index contributed by atoms with van der Waals surface area (Å²) in [6, 6.07) is 1.94. The fraction of sp³-hybridized carbons (Fsp3) is 0.316. The molecule has 0 spiro atoms. The summed E-state index contributed by atoms with van der Waals surface area (Å²) in [6.45, 7) is 12.6. The first kappa shape index (κ1) is 16.9. The van der Waals surface area contributed by atoms with Gasteiger partial charge >= 0.3 is 0 Å². The Balaban J connectivity index is 2.54. The van der Waals surface area contributed by atoms with Crippen LogP contribution in [0.15, 0.2) is 48.8 Å². The maximum Gasteiger partial charge on any atom is 0.154 e. The highest BCUT2D eigenvalue weighted by molar-refractivity contribution is 5.88. The minimum atomic E-state index is 0.140. The molecule has 0 bridgehead atoms. The third kappa shape index (κ3) is 3.83. The molecule has 2 heterocycles. The topological polar surface area (TPSA) is 50.7 Å². The van der Waals surface area contributed by atoms with Crippen LogP contribution in [-0.4, -0.2) is 22.0 Å². The lowest BCUT2D eigenvalue weighted by molar-refractivity contribution is 0.504. The fourth-order valence-corrected chi connectivity index (χ4v) is 2.02. The zero-order chi connectivity index (χ0) is 17.0. The highest BCUT2D eigenvalue weighted by atomic mass is 15.0. The molecule has 23 heavy (non-hydrogen) atoms. The summed E-state index contributed by atoms with van der Waals surface area (Å²) in [4.78, 5) is 13.4. The molecule has 0 unspecified atom stereocenters. The predicted molar refractivity (Wildman–Crippen MR) is 98.3 cm³/mol. The van der Waals surface area contributed by atoms with Crippen molar-refractivity contribution in [3.63, 3.8) is 0 Å². The van der Waals surface area contributed by atoms with Crippen molar-refractivity contribution in [3.05, 3.63) is 54.5 Å². The normalized spacial score (nSPS) is 13.3. The molecular formula is C19H24N4. The maximum atomic E-state index is 4.65. The summed E-state index contributed by atoms with van der Waals surface area (Å²) >= 11 is 0. The van der Waals surface area contributed by atoms with Crippen molar-refractivity contribution < 1.29 is 0 Å². The van der Waals surface area contributed by atoms with E-state index in [0.717, 1.165) is 28.1 Å². The SMILES string of the molecule is C=C/C(=C\C=C(/C)C(C)(C)C)c1cc2nccnc2c(NC)n1. The molecule has 0 fully saturated rings. The summed E-state index contributed by atoms with van der Waals surface area (Å²) in [5.74, 6) is 0.717. The van der Waals surface area contributed by atoms with Crippen LogP contribution in [0, 0.1) is 5.41 Å². The second-order valence-electron chi connectivity index (χ2n) is 6.46. The van der Waals surface area contributed by atoms with Crippen molar-refractivity contribution in [1.29, 1.82) is 0 Å². The van der Waals surface area contributed by atoms with Gasteiger partial charge in [-0.15, -0.1) is 0 Å². The largest absolute Gasteiger partial charge is 0.371 e. The Morgan fingerprint density at radius 2 is 1.87 bits per heavy atom. The van der Waals surface area contributed by atoms with E-state index >= 15 is 0 Å². The number of hydrogen-bond acceptors (Lipinski definition) is 4. The molecule has 0 saturated heterocycles. The molecule has 2 aromatic heterocycles. The molecule has 0 saturated carbocycles. The van der Waals surface area contributed by atoms with Crippen molar-refractivity contribution in [3.8, 4) is 0 Å². The molecular weight excluding hydrogens is 284 g/mol. The molecule has 0 atom stereocenters. The Hall–Kier alpha value is -2.49. The van der Waals surface area contributed by atoms with E-state index in [0.29, 0.717) is 0 Å². The van der Waals surface area contributed by atoms with E-state index in [1.54, 1.807) is 12.4 Å². The third-order valence-electron chi connectivity index (χ3n) is 3.90. The number of anilines is 1. The molecule has 4 nitrogen and oxygen atoms in total. The highest BCUT2D eigenvalue weighted by Gasteiger charge is 2.12. The van der Waals surface area contributed by atoms with E-state index < -0.39 is 0 Å². The first-order chi connectivity index (χ1) is 10.9. The van der Waals surface area contributed by atoms with Gasteiger partial charge in [-0.2, -0.15) is 0 Å². The van der Waals surface area contributed by atoms with E-state index in [4.69, 9.17) is 0 Å². The van der Waals surface area contributed by atoms with Gasteiger partial charge in [-0.05, 0) is 24.0 Å². The van der Waals surface area contributed by atoms with Crippen LogP contribution in [-0.2, 0) is 0 Å². The standard InChI is InChI=1S/C19H24N4/c1-7-14(9-8-13(2)19(3,4)5)15-12-16-17(18(20-6)23-15)22-11-10-21-16/h7-12H,1H2,2-6H3,(H,20,23)/b13-8+,14-9+. The van der Waals surface area contributed by atoms with Crippen LogP contribution in [0.5, 0.6) is 0 Å². The smallest absolute Gasteiger partial charge is 0.154 e. The van der Waals surface area contributed by atoms with Crippen molar-refractivity contribution in [2.24, 2.45) is 5.41 Å². The predicted octanol–water partition coefficient (Wildman–Crippen LogP) is 4.63. The summed E-state index contributed by atoms with van der Waals surface area (Å²) in [7, 11) is 1.83. The van der Waals surface area contributed by atoms with Gasteiger partial charge in [0.25, 0.3) is 0 Å². The first-order valence-electron chi connectivity index (χ1n) is 7.68. The Morgan fingerprint density at radius 3 is 2.48 bits per heavy atom. The molecule has 0 aliphatic heterocycles. The second-order valence-corrected chi connectivity index (χ2v) is 6.46. The average Bonchev–Trinajstić information content (AvgIpc) is 2.53. The van der Waals surface area contributed by atoms with Gasteiger partial charge in [0.1, 0.15) is 5.52 Å². The van der Waals surface area contributed by atoms with Gasteiger partial charge in [-0.25, -0.2) is 9.97 Å². The van der Waals surface area contributed by atoms with Gasteiger partial charge < -0.3 is 5.32 Å². The molecule has 0 amide bonds. The molecule has 0 aliphatic carbocycles. The molecule has 0 aliphatic rings. The lowest BCUT2D eigenvalue weighted by Gasteiger charge is -2.18. The minimum absolute atomic E-state index is 0.140. The number of nitrogens with zero attached hydrogens (tertiary/aromatic N) is 3. The zero-order valence-electron chi connectivity index (χ0n) is 14.5. The van der Waals surface area contributed by atoms with Gasteiger partial charge in [0, 0.05) is 19.4 Å². The van der Waals surface area contributed by atoms with Crippen LogP contribution in [0.1, 0.15) is 33.4 Å². The molecule has 1 N–H and O–H groups in total. The number of fused-ring (bicyclic) bond motifs is 1. The van der Waals surface area contributed by atoms with Crippen LogP contribution in [0.25, 0.3) is 16.6 Å². The molecule has 0 aromatic carbocycles. The van der Waals surface area contributed by atoms with Crippen LogP contribution in [0.4, 0.5) is 5.82 Å². The van der Waals surface area contributed by atoms with E-state index in [9.17, 15) is 0 Å². The lowest BCUT2D eigenvalue weighted by Crippen LogP contribution is -2.05. The van der Waals surface area contributed by atoms with Crippen LogP contribution >= 0.6 is 0 Å². The van der Waals surface area contributed by atoms with Crippen LogP contribution in [0.2, 0.25) is 0 Å². The van der Waals surface area contributed by atoms with Gasteiger partial charge in [-0.3, -0.25) is 4.98 Å². The summed E-state index contributed by atoms with van der Waals surface area (Å²) < 4.78 is 0. The van der Waals surface area contributed by atoms with E-state index in [1.807, 2.05) is 19.2 Å². The van der Waals surface area contributed by atoms with Crippen molar-refractivity contribution in [1.82, 2.24) is 15.0 Å². The van der Waals surface area contributed by atoms with E-state index in [2.05, 4.69) is 66.7 Å². The monoisotopic (exact) mass is 308 g/mol. The number of hydrogen-bond donors (Lipinski definition) is 1. The molecule has 2 aromatic rings. The Morgan fingerprint density at radius 1 is 1.17 bits per heavy atom. The number of allylic oxidation sites excluding steroid dienone is 5. The number of aromatic nitrogens is 3. The molecule has 120 valence electrons. The van der Waals surface area contributed by atoms with Crippen molar-refractivity contribution in [2.75, 3.05) is 12.4 Å². The Labute approximate surface area is 138 Å². The van der Waals surface area contributed by atoms with Gasteiger partial charge in [0.2, 0.25) is 0 Å². The van der Waals surface area contributed by atoms with Gasteiger partial charge in [0.15, 0.2) is 5.82 Å². The minimum Gasteiger partial charge on any atom is -0.371 e. The average molecular weight is 308 g/mol. The number of nitrogens with one attached hydrogen (secondary N) is 1. The fourth-order valence-electron chi connectivity index (χ4n) is 2.02. The highest BCUT2D eigenvalue weighted by Crippen LogP contribution is 2.26. The maximum absolute atomic E-state index is 4.65. The molecule has 0 radical (unpaired) electrons. The Kier molecular flexibility index (Phi) is 4.94. The van der Waals surface area contributed by atoms with Crippen molar-refractivity contribution >= 4 is 22.4 Å². The van der Waals surface area contributed by atoms with Crippen LogP contribution in [0.3, 0.4) is 0 Å². The first-order valence-corrected chi connectivity index (χ1v) is 7.68. The molecule has 2 rings (SSSR count). The Bertz CT molecular complexity index is 780. The van der Waals surface area contributed by atoms with Crippen LogP contribution < -0.4 is 5.32 Å². The molecule has 4 heteroatoms.